The Morgan fingerprint density at radius 3 is 2.44 bits per heavy atom. The van der Waals surface area contributed by atoms with Crippen LogP contribution in [-0.2, 0) is 12.8 Å². The summed E-state index contributed by atoms with van der Waals surface area (Å²) in [7, 11) is 0. The highest BCUT2D eigenvalue weighted by atomic mass is 19.4. The van der Waals surface area contributed by atoms with Crippen LogP contribution in [0.2, 0.25) is 0 Å². The van der Waals surface area contributed by atoms with E-state index in [1.807, 2.05) is 19.1 Å². The molecule has 0 radical (unpaired) electrons. The second-order valence-corrected chi connectivity index (χ2v) is 6.45. The van der Waals surface area contributed by atoms with Crippen LogP contribution in [0.25, 0.3) is 0 Å². The number of aryl methyl sites for hydroxylation is 1. The summed E-state index contributed by atoms with van der Waals surface area (Å²) in [5.41, 5.74) is 3.00. The average Bonchev–Trinajstić information content (AvgIpc) is 2.63. The molecule has 0 fully saturated rings. The Balaban J connectivity index is 1.64. The van der Waals surface area contributed by atoms with E-state index in [9.17, 15) is 18.0 Å². The third-order valence-corrected chi connectivity index (χ3v) is 4.70. The first-order valence-corrected chi connectivity index (χ1v) is 8.86. The maximum atomic E-state index is 12.7. The molecular weight excluding hydrogens is 357 g/mol. The number of likely N-dealkylation sites (N-methyl/N-ethyl adjacent to an activating group) is 1. The highest BCUT2D eigenvalue weighted by Gasteiger charge is 2.31. The van der Waals surface area contributed by atoms with Gasteiger partial charge in [0.2, 0.25) is 0 Å². The summed E-state index contributed by atoms with van der Waals surface area (Å²) in [6.07, 6.45) is -2.12. The first kappa shape index (κ1) is 19.1. The number of hydrogen-bond donors (Lipinski definition) is 1. The molecule has 0 spiro atoms. The Kier molecular flexibility index (Phi) is 5.58. The quantitative estimate of drug-likeness (QED) is 0.814. The van der Waals surface area contributed by atoms with Crippen molar-refractivity contribution in [3.8, 4) is 5.75 Å². The molecule has 2 amide bonds. The fourth-order valence-corrected chi connectivity index (χ4v) is 3.45. The Hall–Kier alpha value is -2.70. The number of nitrogens with zero attached hydrogens (tertiary/aromatic N) is 1. The van der Waals surface area contributed by atoms with Crippen LogP contribution in [-0.4, -0.2) is 29.9 Å². The van der Waals surface area contributed by atoms with E-state index in [-0.39, 0.29) is 17.8 Å². The third-order valence-electron chi connectivity index (χ3n) is 4.70. The molecule has 1 aliphatic rings. The molecule has 0 heterocycles. The van der Waals surface area contributed by atoms with Crippen molar-refractivity contribution in [2.24, 2.45) is 0 Å². The predicted molar refractivity (Wildman–Crippen MR) is 96.8 cm³/mol. The van der Waals surface area contributed by atoms with Crippen LogP contribution < -0.4 is 10.1 Å². The number of amides is 2. The van der Waals surface area contributed by atoms with Crippen molar-refractivity contribution in [1.29, 1.82) is 0 Å². The standard InChI is InChI=1S/C20H21F3N2O2/c1-2-25(17-10-7-14-5-3-4-6-15(14)13-17)19(26)24-16-8-11-18(12-9-16)27-20(21,22)23/h3-6,8-9,11-12,17H,2,7,10,13H2,1H3,(H,24,26). The fourth-order valence-electron chi connectivity index (χ4n) is 3.45. The summed E-state index contributed by atoms with van der Waals surface area (Å²) >= 11 is 0. The smallest absolute Gasteiger partial charge is 0.406 e. The van der Waals surface area contributed by atoms with Gasteiger partial charge in [0.25, 0.3) is 0 Å². The second kappa shape index (κ2) is 7.90. The molecule has 0 saturated heterocycles. The minimum atomic E-state index is -4.74. The molecule has 0 aliphatic heterocycles. The van der Waals surface area contributed by atoms with Gasteiger partial charge in [-0.3, -0.25) is 0 Å². The van der Waals surface area contributed by atoms with Crippen LogP contribution in [0.4, 0.5) is 23.7 Å². The Labute approximate surface area is 155 Å². The molecule has 2 aromatic carbocycles. The van der Waals surface area contributed by atoms with Crippen LogP contribution in [0.3, 0.4) is 0 Å². The second-order valence-electron chi connectivity index (χ2n) is 6.45. The molecule has 3 rings (SSSR count). The van der Waals surface area contributed by atoms with Crippen molar-refractivity contribution in [3.05, 3.63) is 59.7 Å². The molecule has 144 valence electrons. The summed E-state index contributed by atoms with van der Waals surface area (Å²) in [5.74, 6) is -0.322. The molecule has 1 aliphatic carbocycles. The van der Waals surface area contributed by atoms with E-state index in [2.05, 4.69) is 22.2 Å². The third kappa shape index (κ3) is 4.93. The van der Waals surface area contributed by atoms with E-state index in [0.717, 1.165) is 19.3 Å². The lowest BCUT2D eigenvalue weighted by atomic mass is 9.87. The summed E-state index contributed by atoms with van der Waals surface area (Å²) < 4.78 is 40.5. The van der Waals surface area contributed by atoms with Crippen molar-refractivity contribution >= 4 is 11.7 Å². The van der Waals surface area contributed by atoms with Gasteiger partial charge in [-0.1, -0.05) is 24.3 Å². The van der Waals surface area contributed by atoms with Gasteiger partial charge in [-0.05, 0) is 61.6 Å². The number of carbonyl (C=O) groups excluding carboxylic acids is 1. The number of benzene rings is 2. The van der Waals surface area contributed by atoms with Crippen LogP contribution >= 0.6 is 0 Å². The van der Waals surface area contributed by atoms with Gasteiger partial charge in [0.05, 0.1) is 0 Å². The lowest BCUT2D eigenvalue weighted by Gasteiger charge is -2.34. The van der Waals surface area contributed by atoms with Crippen molar-refractivity contribution in [1.82, 2.24) is 4.90 Å². The van der Waals surface area contributed by atoms with E-state index < -0.39 is 6.36 Å². The van der Waals surface area contributed by atoms with Crippen molar-refractivity contribution in [2.45, 2.75) is 38.6 Å². The van der Waals surface area contributed by atoms with Crippen molar-refractivity contribution < 1.29 is 22.7 Å². The van der Waals surface area contributed by atoms with E-state index in [4.69, 9.17) is 0 Å². The summed E-state index contributed by atoms with van der Waals surface area (Å²) in [5, 5.41) is 2.75. The van der Waals surface area contributed by atoms with Gasteiger partial charge in [-0.2, -0.15) is 0 Å². The molecule has 0 bridgehead atoms. The zero-order chi connectivity index (χ0) is 19.4. The SMILES string of the molecule is CCN(C(=O)Nc1ccc(OC(F)(F)F)cc1)C1CCc2ccccc2C1. The van der Waals surface area contributed by atoms with Gasteiger partial charge in [0, 0.05) is 18.3 Å². The molecule has 2 aromatic rings. The summed E-state index contributed by atoms with van der Waals surface area (Å²) in [6, 6.07) is 13.2. The number of halogens is 3. The maximum absolute atomic E-state index is 12.7. The maximum Gasteiger partial charge on any atom is 0.573 e. The normalized spacial score (nSPS) is 16.4. The molecule has 1 unspecified atom stereocenters. The molecule has 1 atom stereocenters. The van der Waals surface area contributed by atoms with Gasteiger partial charge in [0.15, 0.2) is 0 Å². The highest BCUT2D eigenvalue weighted by molar-refractivity contribution is 5.89. The van der Waals surface area contributed by atoms with Gasteiger partial charge >= 0.3 is 12.4 Å². The zero-order valence-electron chi connectivity index (χ0n) is 14.9. The number of hydrogen-bond acceptors (Lipinski definition) is 2. The molecular formula is C20H21F3N2O2. The molecule has 1 N–H and O–H groups in total. The predicted octanol–water partition coefficient (Wildman–Crippen LogP) is 5.00. The number of nitrogens with one attached hydrogen (secondary N) is 1. The first-order chi connectivity index (χ1) is 12.9. The van der Waals surface area contributed by atoms with Crippen molar-refractivity contribution in [2.75, 3.05) is 11.9 Å². The number of rotatable bonds is 4. The largest absolute Gasteiger partial charge is 0.573 e. The Morgan fingerprint density at radius 1 is 1.15 bits per heavy atom. The fraction of sp³-hybridized carbons (Fsp3) is 0.350. The Morgan fingerprint density at radius 2 is 1.81 bits per heavy atom. The van der Waals surface area contributed by atoms with E-state index in [1.54, 1.807) is 4.90 Å². The number of fused-ring (bicyclic) bond motifs is 1. The zero-order valence-corrected chi connectivity index (χ0v) is 14.9. The Bertz CT molecular complexity index is 791. The number of alkyl halides is 3. The monoisotopic (exact) mass is 378 g/mol. The van der Waals surface area contributed by atoms with E-state index >= 15 is 0 Å². The first-order valence-electron chi connectivity index (χ1n) is 8.86. The molecule has 0 aromatic heterocycles. The average molecular weight is 378 g/mol. The number of urea groups is 1. The minimum absolute atomic E-state index is 0.0951. The molecule has 27 heavy (non-hydrogen) atoms. The van der Waals surface area contributed by atoms with Gasteiger partial charge in [-0.25, -0.2) is 4.79 Å². The lowest BCUT2D eigenvalue weighted by molar-refractivity contribution is -0.274. The van der Waals surface area contributed by atoms with Gasteiger partial charge in [-0.15, -0.1) is 13.2 Å². The van der Waals surface area contributed by atoms with E-state index in [1.165, 1.54) is 35.4 Å². The van der Waals surface area contributed by atoms with Crippen LogP contribution in [0, 0.1) is 0 Å². The summed E-state index contributed by atoms with van der Waals surface area (Å²) in [6.45, 7) is 2.47. The lowest BCUT2D eigenvalue weighted by Crippen LogP contribution is -2.45. The summed E-state index contributed by atoms with van der Waals surface area (Å²) in [4.78, 5) is 14.4. The van der Waals surface area contributed by atoms with Crippen LogP contribution in [0.1, 0.15) is 24.5 Å². The molecule has 7 heteroatoms. The van der Waals surface area contributed by atoms with Gasteiger partial charge in [0.1, 0.15) is 5.75 Å². The highest BCUT2D eigenvalue weighted by Crippen LogP contribution is 2.26. The van der Waals surface area contributed by atoms with E-state index in [0.29, 0.717) is 12.2 Å². The number of anilines is 1. The van der Waals surface area contributed by atoms with Crippen LogP contribution in [0.5, 0.6) is 5.75 Å². The molecule has 0 saturated carbocycles. The molecule has 4 nitrogen and oxygen atoms in total. The van der Waals surface area contributed by atoms with Crippen molar-refractivity contribution in [3.63, 3.8) is 0 Å². The topological polar surface area (TPSA) is 41.6 Å². The number of carbonyl (C=O) groups is 1. The van der Waals surface area contributed by atoms with Crippen LogP contribution in [0.15, 0.2) is 48.5 Å². The number of ether oxygens (including phenoxy) is 1. The van der Waals surface area contributed by atoms with Gasteiger partial charge < -0.3 is 15.0 Å². The minimum Gasteiger partial charge on any atom is -0.406 e.